The molecule has 1 heterocycles. The van der Waals surface area contributed by atoms with Gasteiger partial charge in [0.2, 0.25) is 0 Å². The van der Waals surface area contributed by atoms with Gasteiger partial charge in [0.25, 0.3) is 0 Å². The molecule has 1 aliphatic rings. The van der Waals surface area contributed by atoms with E-state index in [1.807, 2.05) is 0 Å². The summed E-state index contributed by atoms with van der Waals surface area (Å²) in [6, 6.07) is 0.164. The van der Waals surface area contributed by atoms with Gasteiger partial charge in [0.05, 0.1) is 6.61 Å². The molecule has 0 radical (unpaired) electrons. The van der Waals surface area contributed by atoms with Gasteiger partial charge >= 0.3 is 0 Å². The quantitative estimate of drug-likeness (QED) is 0.701. The van der Waals surface area contributed by atoms with Crippen molar-refractivity contribution in [1.29, 1.82) is 0 Å². The van der Waals surface area contributed by atoms with Crippen LogP contribution in [0.15, 0.2) is 0 Å². The van der Waals surface area contributed by atoms with Crippen molar-refractivity contribution in [1.82, 2.24) is 9.80 Å². The van der Waals surface area contributed by atoms with Gasteiger partial charge in [-0.15, -0.1) is 0 Å². The van der Waals surface area contributed by atoms with Crippen molar-refractivity contribution in [2.45, 2.75) is 38.8 Å². The van der Waals surface area contributed by atoms with Crippen molar-refractivity contribution in [3.8, 4) is 0 Å². The lowest BCUT2D eigenvalue weighted by Gasteiger charge is -2.33. The van der Waals surface area contributed by atoms with E-state index in [0.29, 0.717) is 5.92 Å². The third-order valence-electron chi connectivity index (χ3n) is 4.03. The van der Waals surface area contributed by atoms with Crippen molar-refractivity contribution in [3.63, 3.8) is 0 Å². The monoisotopic (exact) mass is 257 g/mol. The zero-order valence-corrected chi connectivity index (χ0v) is 12.5. The standard InChI is InChI=1S/C14H31N3O/c1-11(2)7-13(15)14(10-18)17(4)9-12-5-6-16(3)8-12/h11-14,18H,5-10,15H2,1-4H3. The molecule has 0 amide bonds. The van der Waals surface area contributed by atoms with E-state index in [1.165, 1.54) is 19.5 Å². The van der Waals surface area contributed by atoms with Crippen molar-refractivity contribution in [3.05, 3.63) is 0 Å². The molecule has 0 aromatic rings. The summed E-state index contributed by atoms with van der Waals surface area (Å²) in [7, 11) is 4.27. The summed E-state index contributed by atoms with van der Waals surface area (Å²) in [4.78, 5) is 4.64. The molecule has 108 valence electrons. The summed E-state index contributed by atoms with van der Waals surface area (Å²) in [5.74, 6) is 1.31. The number of hydrogen-bond acceptors (Lipinski definition) is 4. The first-order valence-electron chi connectivity index (χ1n) is 7.19. The van der Waals surface area contributed by atoms with Crippen LogP contribution in [0.3, 0.4) is 0 Å². The second-order valence-electron chi connectivity index (χ2n) is 6.40. The van der Waals surface area contributed by atoms with Gasteiger partial charge in [-0.25, -0.2) is 0 Å². The maximum Gasteiger partial charge on any atom is 0.0601 e. The Kier molecular flexibility index (Phi) is 6.57. The zero-order valence-electron chi connectivity index (χ0n) is 12.5. The Hall–Kier alpha value is -0.160. The average Bonchev–Trinajstić information content (AvgIpc) is 2.63. The fourth-order valence-corrected chi connectivity index (χ4v) is 3.02. The minimum absolute atomic E-state index is 0.0686. The van der Waals surface area contributed by atoms with E-state index >= 15 is 0 Å². The maximum atomic E-state index is 9.57. The molecule has 3 atom stereocenters. The smallest absolute Gasteiger partial charge is 0.0601 e. The van der Waals surface area contributed by atoms with E-state index in [-0.39, 0.29) is 18.7 Å². The van der Waals surface area contributed by atoms with Crippen LogP contribution < -0.4 is 5.73 Å². The van der Waals surface area contributed by atoms with Crippen LogP contribution in [0.2, 0.25) is 0 Å². The van der Waals surface area contributed by atoms with Gasteiger partial charge in [0.15, 0.2) is 0 Å². The molecule has 0 aromatic heterocycles. The topological polar surface area (TPSA) is 52.7 Å². The molecule has 1 saturated heterocycles. The molecule has 3 N–H and O–H groups in total. The first-order valence-corrected chi connectivity index (χ1v) is 7.19. The van der Waals surface area contributed by atoms with E-state index in [9.17, 15) is 5.11 Å². The third kappa shape index (κ3) is 4.84. The maximum absolute atomic E-state index is 9.57. The molecule has 1 fully saturated rings. The number of likely N-dealkylation sites (N-methyl/N-ethyl adjacent to an activating group) is 1. The van der Waals surface area contributed by atoms with E-state index in [1.54, 1.807) is 0 Å². The molecular formula is C14H31N3O. The van der Waals surface area contributed by atoms with E-state index in [4.69, 9.17) is 5.73 Å². The van der Waals surface area contributed by atoms with Crippen LogP contribution in [0, 0.1) is 11.8 Å². The van der Waals surface area contributed by atoms with Gasteiger partial charge in [-0.05, 0) is 45.3 Å². The highest BCUT2D eigenvalue weighted by Gasteiger charge is 2.27. The summed E-state index contributed by atoms with van der Waals surface area (Å²) in [5, 5.41) is 9.57. The second kappa shape index (κ2) is 7.43. The normalized spacial score (nSPS) is 25.0. The van der Waals surface area contributed by atoms with Gasteiger partial charge in [0.1, 0.15) is 0 Å². The van der Waals surface area contributed by atoms with E-state index < -0.39 is 0 Å². The molecule has 0 spiro atoms. The second-order valence-corrected chi connectivity index (χ2v) is 6.40. The van der Waals surface area contributed by atoms with Crippen LogP contribution in [0.1, 0.15) is 26.7 Å². The predicted octanol–water partition coefficient (Wildman–Crippen LogP) is 0.604. The molecule has 4 heteroatoms. The minimum Gasteiger partial charge on any atom is -0.395 e. The molecule has 0 bridgehead atoms. The summed E-state index contributed by atoms with van der Waals surface area (Å²) in [5.41, 5.74) is 6.22. The van der Waals surface area contributed by atoms with Crippen LogP contribution in [-0.4, -0.2) is 67.3 Å². The summed E-state index contributed by atoms with van der Waals surface area (Å²) < 4.78 is 0. The van der Waals surface area contributed by atoms with Crippen molar-refractivity contribution in [2.75, 3.05) is 40.3 Å². The number of aliphatic hydroxyl groups is 1. The van der Waals surface area contributed by atoms with Crippen LogP contribution >= 0.6 is 0 Å². The largest absolute Gasteiger partial charge is 0.395 e. The molecule has 4 nitrogen and oxygen atoms in total. The highest BCUT2D eigenvalue weighted by molar-refractivity contribution is 4.84. The lowest BCUT2D eigenvalue weighted by Crippen LogP contribution is -2.50. The fraction of sp³-hybridized carbons (Fsp3) is 1.00. The highest BCUT2D eigenvalue weighted by Crippen LogP contribution is 2.18. The third-order valence-corrected chi connectivity index (χ3v) is 4.03. The van der Waals surface area contributed by atoms with Crippen molar-refractivity contribution < 1.29 is 5.11 Å². The first-order chi connectivity index (χ1) is 8.43. The Labute approximate surface area is 112 Å². The van der Waals surface area contributed by atoms with Crippen LogP contribution in [-0.2, 0) is 0 Å². The molecule has 3 unspecified atom stereocenters. The molecule has 1 rings (SSSR count). The minimum atomic E-state index is 0.0686. The Balaban J connectivity index is 2.43. The molecule has 0 aliphatic carbocycles. The van der Waals surface area contributed by atoms with Gasteiger partial charge in [-0.3, -0.25) is 4.90 Å². The Morgan fingerprint density at radius 3 is 2.56 bits per heavy atom. The Morgan fingerprint density at radius 2 is 2.11 bits per heavy atom. The molecule has 0 saturated carbocycles. The summed E-state index contributed by atoms with van der Waals surface area (Å²) >= 11 is 0. The van der Waals surface area contributed by atoms with Crippen molar-refractivity contribution >= 4 is 0 Å². The zero-order chi connectivity index (χ0) is 13.7. The number of likely N-dealkylation sites (tertiary alicyclic amines) is 1. The van der Waals surface area contributed by atoms with Gasteiger partial charge in [0, 0.05) is 25.2 Å². The van der Waals surface area contributed by atoms with E-state index in [2.05, 4.69) is 37.7 Å². The number of hydrogen-bond donors (Lipinski definition) is 2. The molecule has 0 aromatic carbocycles. The summed E-state index contributed by atoms with van der Waals surface area (Å²) in [6.45, 7) is 7.93. The number of nitrogens with zero attached hydrogens (tertiary/aromatic N) is 2. The van der Waals surface area contributed by atoms with Gasteiger partial charge in [-0.1, -0.05) is 13.8 Å². The average molecular weight is 257 g/mol. The Morgan fingerprint density at radius 1 is 1.44 bits per heavy atom. The number of rotatable bonds is 7. The highest BCUT2D eigenvalue weighted by atomic mass is 16.3. The number of nitrogens with two attached hydrogens (primary N) is 1. The van der Waals surface area contributed by atoms with Gasteiger partial charge < -0.3 is 15.7 Å². The van der Waals surface area contributed by atoms with Crippen LogP contribution in [0.25, 0.3) is 0 Å². The Bertz CT molecular complexity index is 235. The lowest BCUT2D eigenvalue weighted by atomic mass is 9.97. The number of aliphatic hydroxyl groups excluding tert-OH is 1. The molecule has 1 aliphatic heterocycles. The summed E-state index contributed by atoms with van der Waals surface area (Å²) in [6.07, 6.45) is 2.23. The SMILES string of the molecule is CC(C)CC(N)C(CO)N(C)CC1CCN(C)C1. The molecular weight excluding hydrogens is 226 g/mol. The van der Waals surface area contributed by atoms with Crippen LogP contribution in [0.4, 0.5) is 0 Å². The predicted molar refractivity (Wildman–Crippen MR) is 76.5 cm³/mol. The lowest BCUT2D eigenvalue weighted by molar-refractivity contribution is 0.107. The fourth-order valence-electron chi connectivity index (χ4n) is 3.02. The van der Waals surface area contributed by atoms with Gasteiger partial charge in [-0.2, -0.15) is 0 Å². The first kappa shape index (κ1) is 15.9. The van der Waals surface area contributed by atoms with Crippen molar-refractivity contribution in [2.24, 2.45) is 17.6 Å². The molecule has 18 heavy (non-hydrogen) atoms. The van der Waals surface area contributed by atoms with E-state index in [0.717, 1.165) is 18.9 Å². The van der Waals surface area contributed by atoms with Crippen LogP contribution in [0.5, 0.6) is 0 Å².